The Hall–Kier alpha value is -4.03. The Morgan fingerprint density at radius 3 is 2.41 bits per heavy atom. The van der Waals surface area contributed by atoms with Crippen LogP contribution in [0.3, 0.4) is 0 Å². The minimum Gasteiger partial charge on any atom is -0.358 e. The molecule has 3 aromatic heterocycles. The fourth-order valence-electron chi connectivity index (χ4n) is 3.12. The number of carbonyl (C=O) groups excluding carboxylic acids is 2. The Morgan fingerprint density at radius 1 is 1.16 bits per heavy atom. The summed E-state index contributed by atoms with van der Waals surface area (Å²) in [6.07, 6.45) is 2.97. The van der Waals surface area contributed by atoms with E-state index in [1.165, 1.54) is 21.6 Å². The van der Waals surface area contributed by atoms with Crippen molar-refractivity contribution in [1.82, 2.24) is 29.3 Å². The van der Waals surface area contributed by atoms with Crippen LogP contribution >= 0.6 is 0 Å². The Kier molecular flexibility index (Phi) is 6.37. The number of carbonyl (C=O) groups is 2. The Labute approximate surface area is 183 Å². The van der Waals surface area contributed by atoms with Gasteiger partial charge in [0.25, 0.3) is 5.91 Å². The maximum Gasteiger partial charge on any atom is 0.390 e. The van der Waals surface area contributed by atoms with Gasteiger partial charge in [-0.05, 0) is 25.7 Å². The summed E-state index contributed by atoms with van der Waals surface area (Å²) in [4.78, 5) is 36.1. The average Bonchev–Trinajstić information content (AvgIpc) is 3.41. The van der Waals surface area contributed by atoms with E-state index in [1.807, 2.05) is 13.8 Å². The normalized spacial score (nSPS) is 11.9. The first-order valence-corrected chi connectivity index (χ1v) is 9.97. The first-order chi connectivity index (χ1) is 15.1. The van der Waals surface area contributed by atoms with Crippen LogP contribution in [0.5, 0.6) is 0 Å². The monoisotopic (exact) mass is 443 g/mol. The molecule has 0 bridgehead atoms. The highest BCUT2D eigenvalue weighted by Gasteiger charge is 2.25. The van der Waals surface area contributed by atoms with Gasteiger partial charge in [0.05, 0.1) is 58.8 Å². The van der Waals surface area contributed by atoms with Gasteiger partial charge >= 0.3 is 5.82 Å². The first kappa shape index (κ1) is 22.7. The summed E-state index contributed by atoms with van der Waals surface area (Å²) >= 11 is 0. The van der Waals surface area contributed by atoms with E-state index >= 15 is 0 Å². The second-order valence-corrected chi connectivity index (χ2v) is 7.42. The lowest BCUT2D eigenvalue weighted by Gasteiger charge is -2.13. The lowest BCUT2D eigenvalue weighted by atomic mass is 10.1. The smallest absolute Gasteiger partial charge is 0.358 e. The van der Waals surface area contributed by atoms with Crippen LogP contribution in [-0.2, 0) is 24.9 Å². The number of aromatic nitrogens is 6. The molecule has 13 heteroatoms. The van der Waals surface area contributed by atoms with Crippen LogP contribution in [-0.4, -0.2) is 46.1 Å². The molecule has 13 nitrogen and oxygen atoms in total. The molecule has 170 valence electrons. The SMILES string of the molecule is CCn1ncc(NC(=O)C(C)Cn2nc([N+](=O)[O-])cc2C)c1C(=O)Nc1cnn(C)c1C. The van der Waals surface area contributed by atoms with E-state index in [4.69, 9.17) is 0 Å². The van der Waals surface area contributed by atoms with Crippen LogP contribution in [0.1, 0.15) is 35.7 Å². The predicted octanol–water partition coefficient (Wildman–Crippen LogP) is 1.89. The number of hydrogen-bond donors (Lipinski definition) is 2. The number of aryl methyl sites for hydroxylation is 3. The van der Waals surface area contributed by atoms with E-state index in [0.717, 1.165) is 5.69 Å². The summed E-state index contributed by atoms with van der Waals surface area (Å²) in [5.41, 5.74) is 2.39. The molecule has 3 heterocycles. The topological polar surface area (TPSA) is 155 Å². The van der Waals surface area contributed by atoms with Gasteiger partial charge in [-0.15, -0.1) is 0 Å². The zero-order valence-corrected chi connectivity index (χ0v) is 18.5. The first-order valence-electron chi connectivity index (χ1n) is 9.97. The number of nitrogens with zero attached hydrogens (tertiary/aromatic N) is 7. The summed E-state index contributed by atoms with van der Waals surface area (Å²) in [7, 11) is 1.77. The zero-order chi connectivity index (χ0) is 23.6. The molecule has 32 heavy (non-hydrogen) atoms. The van der Waals surface area contributed by atoms with Crippen LogP contribution in [0.25, 0.3) is 0 Å². The minimum atomic E-state index is -0.581. The maximum absolute atomic E-state index is 13.0. The van der Waals surface area contributed by atoms with E-state index in [0.29, 0.717) is 17.9 Å². The number of rotatable bonds is 8. The number of hydrogen-bond acceptors (Lipinski definition) is 7. The minimum absolute atomic E-state index is 0.143. The predicted molar refractivity (Wildman–Crippen MR) is 115 cm³/mol. The molecule has 0 aromatic carbocycles. The highest BCUT2D eigenvalue weighted by atomic mass is 16.6. The summed E-state index contributed by atoms with van der Waals surface area (Å²) in [6, 6.07) is 1.35. The van der Waals surface area contributed by atoms with Crippen molar-refractivity contribution < 1.29 is 14.5 Å². The Balaban J connectivity index is 1.76. The molecular weight excluding hydrogens is 418 g/mol. The number of amides is 2. The van der Waals surface area contributed by atoms with Crippen LogP contribution in [0, 0.1) is 29.9 Å². The van der Waals surface area contributed by atoms with Crippen LogP contribution in [0.2, 0.25) is 0 Å². The summed E-state index contributed by atoms with van der Waals surface area (Å²) in [5.74, 6) is -1.65. The maximum atomic E-state index is 13.0. The molecule has 0 aliphatic rings. The molecule has 1 atom stereocenters. The largest absolute Gasteiger partial charge is 0.390 e. The number of nitrogens with one attached hydrogen (secondary N) is 2. The van der Waals surface area contributed by atoms with E-state index in [-0.39, 0.29) is 29.7 Å². The van der Waals surface area contributed by atoms with Crippen molar-refractivity contribution in [3.63, 3.8) is 0 Å². The summed E-state index contributed by atoms with van der Waals surface area (Å²) in [6.45, 7) is 7.58. The molecule has 2 amide bonds. The molecule has 0 saturated heterocycles. The van der Waals surface area contributed by atoms with Gasteiger partial charge in [-0.3, -0.25) is 19.0 Å². The molecular formula is C19H25N9O4. The Morgan fingerprint density at radius 2 is 1.84 bits per heavy atom. The standard InChI is InChI=1S/C19H25N9O4/c1-6-26-17(19(30)22-14-8-20-25(5)13(14)4)15(9-21-26)23-18(29)11(2)10-27-12(3)7-16(24-27)28(31)32/h7-9,11H,6,10H2,1-5H3,(H,22,30)(H,23,29). The number of anilines is 2. The molecule has 0 radical (unpaired) electrons. The number of nitro groups is 1. The van der Waals surface area contributed by atoms with Gasteiger partial charge in [0.2, 0.25) is 5.91 Å². The fraction of sp³-hybridized carbons (Fsp3) is 0.421. The van der Waals surface area contributed by atoms with Gasteiger partial charge in [0.1, 0.15) is 5.69 Å². The van der Waals surface area contributed by atoms with E-state index in [2.05, 4.69) is 25.9 Å². The Bertz CT molecular complexity index is 1170. The van der Waals surface area contributed by atoms with Crippen molar-refractivity contribution in [2.24, 2.45) is 13.0 Å². The van der Waals surface area contributed by atoms with Crippen molar-refractivity contribution in [3.05, 3.63) is 45.7 Å². The molecule has 2 N–H and O–H groups in total. The van der Waals surface area contributed by atoms with Crippen molar-refractivity contribution >= 4 is 29.0 Å². The molecule has 0 aliphatic carbocycles. The van der Waals surface area contributed by atoms with Crippen LogP contribution in [0.4, 0.5) is 17.2 Å². The highest BCUT2D eigenvalue weighted by Crippen LogP contribution is 2.21. The second kappa shape index (κ2) is 8.99. The molecule has 0 saturated carbocycles. The van der Waals surface area contributed by atoms with Gasteiger partial charge < -0.3 is 20.7 Å². The molecule has 1 unspecified atom stereocenters. The van der Waals surface area contributed by atoms with E-state index in [1.54, 1.807) is 31.8 Å². The lowest BCUT2D eigenvalue weighted by Crippen LogP contribution is -2.27. The molecule has 3 aromatic rings. The highest BCUT2D eigenvalue weighted by molar-refractivity contribution is 6.09. The fourth-order valence-corrected chi connectivity index (χ4v) is 3.12. The third-order valence-electron chi connectivity index (χ3n) is 5.15. The third kappa shape index (κ3) is 4.50. The zero-order valence-electron chi connectivity index (χ0n) is 18.5. The molecule has 0 fully saturated rings. The van der Waals surface area contributed by atoms with Crippen LogP contribution in [0.15, 0.2) is 18.5 Å². The second-order valence-electron chi connectivity index (χ2n) is 7.42. The van der Waals surface area contributed by atoms with Gasteiger partial charge in [0, 0.05) is 13.6 Å². The van der Waals surface area contributed by atoms with Crippen molar-refractivity contribution in [3.8, 4) is 0 Å². The van der Waals surface area contributed by atoms with E-state index in [9.17, 15) is 19.7 Å². The molecule has 0 spiro atoms. The van der Waals surface area contributed by atoms with Gasteiger partial charge in [-0.1, -0.05) is 6.92 Å². The third-order valence-corrected chi connectivity index (χ3v) is 5.15. The van der Waals surface area contributed by atoms with Gasteiger partial charge in [-0.25, -0.2) is 0 Å². The van der Waals surface area contributed by atoms with Gasteiger partial charge in [-0.2, -0.15) is 14.9 Å². The summed E-state index contributed by atoms with van der Waals surface area (Å²) in [5, 5.41) is 28.7. The van der Waals surface area contributed by atoms with Crippen molar-refractivity contribution in [2.75, 3.05) is 10.6 Å². The molecule has 0 aliphatic heterocycles. The lowest BCUT2D eigenvalue weighted by molar-refractivity contribution is -0.389. The van der Waals surface area contributed by atoms with E-state index < -0.39 is 16.7 Å². The van der Waals surface area contributed by atoms with Crippen molar-refractivity contribution in [2.45, 2.75) is 40.8 Å². The van der Waals surface area contributed by atoms with Crippen LogP contribution < -0.4 is 10.6 Å². The summed E-state index contributed by atoms with van der Waals surface area (Å²) < 4.78 is 4.54. The average molecular weight is 443 g/mol. The quantitative estimate of drug-likeness (QED) is 0.398. The molecule has 3 rings (SSSR count). The van der Waals surface area contributed by atoms with Gasteiger partial charge in [0.15, 0.2) is 0 Å². The van der Waals surface area contributed by atoms with Crippen molar-refractivity contribution in [1.29, 1.82) is 0 Å².